The number of hydrogen-bond donors (Lipinski definition) is 2. The van der Waals surface area contributed by atoms with Gasteiger partial charge in [-0.05, 0) is 55.7 Å². The summed E-state index contributed by atoms with van der Waals surface area (Å²) in [5.74, 6) is 0.737. The highest BCUT2D eigenvalue weighted by Crippen LogP contribution is 2.52. The SMILES string of the molecule is CCCCCCCCOP(=O)(OCCCCl)OCCCCl.O=P(Oc1ccccc1)(Oc1ccccc1)Oc1cc(O)ccc1O. The van der Waals surface area contributed by atoms with Gasteiger partial charge in [0.2, 0.25) is 0 Å². The third kappa shape index (κ3) is 16.9. The van der Waals surface area contributed by atoms with Crippen LogP contribution in [0.5, 0.6) is 28.7 Å². The van der Waals surface area contributed by atoms with Crippen LogP contribution in [0, 0.1) is 0 Å². The Morgan fingerprint density at radius 3 is 1.57 bits per heavy atom. The number of hydrogen-bond acceptors (Lipinski definition) is 10. The number of phenolic OH excluding ortho intramolecular Hbond substituents is 2. The van der Waals surface area contributed by atoms with Gasteiger partial charge in [0.05, 0.1) is 19.8 Å². The normalized spacial score (nSPS) is 11.4. The molecule has 0 radical (unpaired) electrons. The van der Waals surface area contributed by atoms with Crippen LogP contribution in [0.3, 0.4) is 0 Å². The first-order valence-electron chi connectivity index (χ1n) is 15.2. The topological polar surface area (TPSA) is 130 Å². The average Bonchev–Trinajstić information content (AvgIpc) is 3.04. The number of para-hydroxylation sites is 2. The van der Waals surface area contributed by atoms with E-state index in [4.69, 9.17) is 50.3 Å². The molecule has 10 nitrogen and oxygen atoms in total. The average molecular weight is 722 g/mol. The highest BCUT2D eigenvalue weighted by atomic mass is 35.5. The minimum atomic E-state index is -4.20. The Morgan fingerprint density at radius 1 is 0.587 bits per heavy atom. The second-order valence-corrected chi connectivity index (χ2v) is 13.7. The van der Waals surface area contributed by atoms with Gasteiger partial charge in [-0.1, -0.05) is 75.4 Å². The van der Waals surface area contributed by atoms with Crippen LogP contribution in [0.25, 0.3) is 0 Å². The van der Waals surface area contributed by atoms with E-state index in [9.17, 15) is 19.3 Å². The predicted octanol–water partition coefficient (Wildman–Crippen LogP) is 10.5. The van der Waals surface area contributed by atoms with E-state index < -0.39 is 15.6 Å². The number of phosphoric acid groups is 2. The highest BCUT2D eigenvalue weighted by Gasteiger charge is 2.34. The smallest absolute Gasteiger partial charge is 0.508 e. The molecule has 3 rings (SSSR count). The van der Waals surface area contributed by atoms with Crippen molar-refractivity contribution in [2.45, 2.75) is 58.3 Å². The summed E-state index contributed by atoms with van der Waals surface area (Å²) < 4.78 is 57.5. The number of unbranched alkanes of at least 4 members (excludes halogenated alkanes) is 5. The molecule has 0 unspecified atom stereocenters. The molecule has 0 aromatic heterocycles. The van der Waals surface area contributed by atoms with Crippen molar-refractivity contribution in [3.63, 3.8) is 0 Å². The number of aromatic hydroxyl groups is 2. The summed E-state index contributed by atoms with van der Waals surface area (Å²) in [7, 11) is -7.66. The van der Waals surface area contributed by atoms with Gasteiger partial charge < -0.3 is 23.8 Å². The number of phenols is 2. The Kier molecular flexibility index (Phi) is 19.9. The molecule has 0 atom stereocenters. The Labute approximate surface area is 282 Å². The number of rotatable bonds is 22. The van der Waals surface area contributed by atoms with E-state index in [1.165, 1.54) is 37.8 Å². The van der Waals surface area contributed by atoms with Gasteiger partial charge in [0, 0.05) is 17.8 Å². The zero-order valence-corrected chi connectivity index (χ0v) is 29.3. The van der Waals surface area contributed by atoms with E-state index in [2.05, 4.69) is 6.92 Å². The molecule has 256 valence electrons. The second-order valence-electron chi connectivity index (χ2n) is 9.80. The van der Waals surface area contributed by atoms with Crippen molar-refractivity contribution in [3.05, 3.63) is 78.9 Å². The van der Waals surface area contributed by atoms with Crippen LogP contribution >= 0.6 is 38.8 Å². The van der Waals surface area contributed by atoms with Gasteiger partial charge in [-0.15, -0.1) is 23.2 Å². The van der Waals surface area contributed by atoms with Crippen molar-refractivity contribution in [1.82, 2.24) is 0 Å². The lowest BCUT2D eigenvalue weighted by Crippen LogP contribution is -2.07. The number of benzene rings is 3. The molecule has 0 heterocycles. The third-order valence-corrected chi connectivity index (χ3v) is 9.20. The summed E-state index contributed by atoms with van der Waals surface area (Å²) in [5, 5.41) is 19.4. The van der Waals surface area contributed by atoms with E-state index in [1.54, 1.807) is 60.7 Å². The van der Waals surface area contributed by atoms with Gasteiger partial charge in [-0.3, -0.25) is 13.6 Å². The van der Waals surface area contributed by atoms with E-state index >= 15 is 0 Å². The molecule has 46 heavy (non-hydrogen) atoms. The third-order valence-electron chi connectivity index (χ3n) is 5.88. The van der Waals surface area contributed by atoms with E-state index in [0.29, 0.717) is 31.2 Å². The summed E-state index contributed by atoms with van der Waals surface area (Å²) in [6, 6.07) is 20.3. The molecule has 0 aliphatic rings. The first-order chi connectivity index (χ1) is 22.2. The summed E-state index contributed by atoms with van der Waals surface area (Å²) in [4.78, 5) is 0. The molecule has 0 aliphatic carbocycles. The maximum atomic E-state index is 13.1. The summed E-state index contributed by atoms with van der Waals surface area (Å²) in [6.07, 6.45) is 8.09. The molecule has 14 heteroatoms. The van der Waals surface area contributed by atoms with Crippen molar-refractivity contribution in [2.24, 2.45) is 0 Å². The zero-order valence-electron chi connectivity index (χ0n) is 26.0. The van der Waals surface area contributed by atoms with Gasteiger partial charge in [0.15, 0.2) is 11.5 Å². The number of alkyl halides is 2. The summed E-state index contributed by atoms with van der Waals surface area (Å²) in [6.45, 7) is 3.14. The van der Waals surface area contributed by atoms with E-state index in [0.717, 1.165) is 18.9 Å². The fraction of sp³-hybridized carbons (Fsp3) is 0.438. The Morgan fingerprint density at radius 2 is 1.07 bits per heavy atom. The lowest BCUT2D eigenvalue weighted by molar-refractivity contribution is 0.112. The number of halogens is 2. The minimum absolute atomic E-state index is 0.168. The molecule has 2 N–H and O–H groups in total. The lowest BCUT2D eigenvalue weighted by atomic mass is 10.1. The Balaban J connectivity index is 0.000000327. The zero-order chi connectivity index (χ0) is 33.5. The molecule has 3 aromatic rings. The van der Waals surface area contributed by atoms with Crippen LogP contribution in [0.1, 0.15) is 58.3 Å². The van der Waals surface area contributed by atoms with Crippen molar-refractivity contribution >= 4 is 38.8 Å². The molecule has 0 saturated heterocycles. The molecule has 0 saturated carbocycles. The second kappa shape index (κ2) is 23.0. The summed E-state index contributed by atoms with van der Waals surface area (Å²) in [5.41, 5.74) is 0. The van der Waals surface area contributed by atoms with Crippen LogP contribution in [-0.2, 0) is 22.7 Å². The van der Waals surface area contributed by atoms with Crippen molar-refractivity contribution < 1.29 is 46.5 Å². The summed E-state index contributed by atoms with van der Waals surface area (Å²) >= 11 is 11.2. The predicted molar refractivity (Wildman–Crippen MR) is 182 cm³/mol. The van der Waals surface area contributed by atoms with Crippen LogP contribution < -0.4 is 13.6 Å². The minimum Gasteiger partial charge on any atom is -0.508 e. The van der Waals surface area contributed by atoms with Crippen LogP contribution in [0.4, 0.5) is 0 Å². The van der Waals surface area contributed by atoms with Crippen LogP contribution in [-0.4, -0.2) is 41.8 Å². The molecular weight excluding hydrogens is 677 g/mol. The van der Waals surface area contributed by atoms with Crippen LogP contribution in [0.15, 0.2) is 78.9 Å². The largest absolute Gasteiger partial charge is 0.647 e. The van der Waals surface area contributed by atoms with Crippen LogP contribution in [0.2, 0.25) is 0 Å². The van der Waals surface area contributed by atoms with Crippen molar-refractivity contribution in [1.29, 1.82) is 0 Å². The monoisotopic (exact) mass is 720 g/mol. The fourth-order valence-electron chi connectivity index (χ4n) is 3.61. The van der Waals surface area contributed by atoms with Crippen molar-refractivity contribution in [3.8, 4) is 28.7 Å². The lowest BCUT2D eigenvalue weighted by Gasteiger charge is -2.19. The van der Waals surface area contributed by atoms with Gasteiger partial charge in [0.1, 0.15) is 17.2 Å². The maximum absolute atomic E-state index is 13.1. The molecule has 3 aromatic carbocycles. The first-order valence-corrected chi connectivity index (χ1v) is 19.2. The highest BCUT2D eigenvalue weighted by molar-refractivity contribution is 7.49. The molecule has 0 aliphatic heterocycles. The van der Waals surface area contributed by atoms with E-state index in [1.807, 2.05) is 0 Å². The molecule has 0 fully saturated rings. The Hall–Kier alpha value is -2.42. The van der Waals surface area contributed by atoms with E-state index in [-0.39, 0.29) is 42.0 Å². The fourth-order valence-corrected chi connectivity index (χ4v) is 6.36. The molecule has 0 spiro atoms. The van der Waals surface area contributed by atoms with Crippen molar-refractivity contribution in [2.75, 3.05) is 31.6 Å². The van der Waals surface area contributed by atoms with Gasteiger partial charge in [0.25, 0.3) is 0 Å². The molecular formula is C32H44Cl2O10P2. The van der Waals surface area contributed by atoms with Gasteiger partial charge in [-0.2, -0.15) is 4.57 Å². The first kappa shape index (κ1) is 39.8. The quantitative estimate of drug-likeness (QED) is 0.0447. The van der Waals surface area contributed by atoms with Gasteiger partial charge >= 0.3 is 15.6 Å². The van der Waals surface area contributed by atoms with Gasteiger partial charge in [-0.25, -0.2) is 4.57 Å². The molecule has 0 bridgehead atoms. The number of phosphoric ester groups is 2. The Bertz CT molecular complexity index is 1260. The standard InChI is InChI=1S/C18H15O6P.C14H29Cl2O4P/c19-14-11-12-17(20)18(13-14)24-25(21,22-15-7-3-1-4-8-15)23-16-9-5-2-6-10-16;1-2-3-4-5-6-7-12-18-21(17,19-13-8-10-15)20-14-9-11-16/h1-13,19-20H;2-14H2,1H3. The molecule has 0 amide bonds. The maximum Gasteiger partial charge on any atom is 0.647 e.